The molecule has 0 aliphatic heterocycles. The summed E-state index contributed by atoms with van der Waals surface area (Å²) in [7, 11) is 1.43. The summed E-state index contributed by atoms with van der Waals surface area (Å²) in [6, 6.07) is 9.67. The zero-order valence-electron chi connectivity index (χ0n) is 11.5. The average molecular weight is 259 g/mol. The van der Waals surface area contributed by atoms with Crippen LogP contribution in [0, 0.1) is 5.92 Å². The standard InChI is InChI=1S/C16H21NO2/c1-12-8-6-7-11-14(12)17-15(16(18)19-2)13-9-4-3-5-10-13/h3-6,8-10,12,14-15,17H,7,11H2,1-2H3/t12-,14-,15+/m1/s1. The van der Waals surface area contributed by atoms with E-state index < -0.39 is 0 Å². The van der Waals surface area contributed by atoms with Gasteiger partial charge in [0.15, 0.2) is 0 Å². The lowest BCUT2D eigenvalue weighted by Crippen LogP contribution is -2.41. The fraction of sp³-hybridized carbons (Fsp3) is 0.438. The van der Waals surface area contributed by atoms with Crippen LogP contribution in [0.3, 0.4) is 0 Å². The number of esters is 1. The second-order valence-corrected chi connectivity index (χ2v) is 5.00. The van der Waals surface area contributed by atoms with E-state index in [0.717, 1.165) is 18.4 Å². The maximum Gasteiger partial charge on any atom is 0.327 e. The lowest BCUT2D eigenvalue weighted by Gasteiger charge is -2.29. The highest BCUT2D eigenvalue weighted by Gasteiger charge is 2.27. The molecule has 1 aromatic carbocycles. The number of ether oxygens (including phenoxy) is 1. The number of hydrogen-bond acceptors (Lipinski definition) is 3. The van der Waals surface area contributed by atoms with Gasteiger partial charge in [0.05, 0.1) is 7.11 Å². The molecule has 1 N–H and O–H groups in total. The monoisotopic (exact) mass is 259 g/mol. The number of benzene rings is 1. The summed E-state index contributed by atoms with van der Waals surface area (Å²) in [5.41, 5.74) is 0.955. The molecule has 0 amide bonds. The quantitative estimate of drug-likeness (QED) is 0.667. The summed E-state index contributed by atoms with van der Waals surface area (Å²) >= 11 is 0. The van der Waals surface area contributed by atoms with Crippen LogP contribution >= 0.6 is 0 Å². The highest BCUT2D eigenvalue weighted by atomic mass is 16.5. The van der Waals surface area contributed by atoms with Gasteiger partial charge in [-0.25, -0.2) is 4.79 Å². The van der Waals surface area contributed by atoms with Gasteiger partial charge < -0.3 is 4.74 Å². The first-order valence-electron chi connectivity index (χ1n) is 6.78. The number of nitrogens with one attached hydrogen (secondary N) is 1. The van der Waals surface area contributed by atoms with Crippen molar-refractivity contribution < 1.29 is 9.53 Å². The van der Waals surface area contributed by atoms with Crippen molar-refractivity contribution in [3.63, 3.8) is 0 Å². The normalized spacial score (nSPS) is 23.9. The molecule has 3 atom stereocenters. The van der Waals surface area contributed by atoms with Crippen molar-refractivity contribution in [3.8, 4) is 0 Å². The lowest BCUT2D eigenvalue weighted by atomic mass is 9.90. The third kappa shape index (κ3) is 3.44. The number of methoxy groups -OCH3 is 1. The van der Waals surface area contributed by atoms with Gasteiger partial charge in [0.1, 0.15) is 6.04 Å². The van der Waals surface area contributed by atoms with Gasteiger partial charge in [-0.05, 0) is 24.3 Å². The minimum absolute atomic E-state index is 0.229. The Kier molecular flexibility index (Phi) is 4.74. The maximum absolute atomic E-state index is 12.0. The van der Waals surface area contributed by atoms with Crippen LogP contribution in [0.15, 0.2) is 42.5 Å². The molecule has 1 aromatic rings. The molecule has 0 spiro atoms. The predicted octanol–water partition coefficient (Wildman–Crippen LogP) is 2.85. The van der Waals surface area contributed by atoms with Gasteiger partial charge in [0, 0.05) is 6.04 Å². The van der Waals surface area contributed by atoms with E-state index in [1.54, 1.807) is 0 Å². The van der Waals surface area contributed by atoms with Crippen molar-refractivity contribution in [2.45, 2.75) is 31.8 Å². The van der Waals surface area contributed by atoms with E-state index in [2.05, 4.69) is 24.4 Å². The van der Waals surface area contributed by atoms with Crippen LogP contribution in [0.1, 0.15) is 31.4 Å². The van der Waals surface area contributed by atoms with Crippen LogP contribution < -0.4 is 5.32 Å². The van der Waals surface area contributed by atoms with Crippen LogP contribution in [0.25, 0.3) is 0 Å². The second kappa shape index (κ2) is 6.53. The van der Waals surface area contributed by atoms with Crippen LogP contribution in [0.5, 0.6) is 0 Å². The molecule has 0 saturated carbocycles. The fourth-order valence-corrected chi connectivity index (χ4v) is 2.50. The molecule has 0 unspecified atom stereocenters. The van der Waals surface area contributed by atoms with Gasteiger partial charge in [-0.2, -0.15) is 0 Å². The molecule has 0 heterocycles. The summed E-state index contributed by atoms with van der Waals surface area (Å²) in [5, 5.41) is 3.45. The molecule has 0 saturated heterocycles. The first kappa shape index (κ1) is 13.8. The van der Waals surface area contributed by atoms with E-state index in [1.807, 2.05) is 30.3 Å². The zero-order valence-corrected chi connectivity index (χ0v) is 11.5. The van der Waals surface area contributed by atoms with Crippen molar-refractivity contribution in [1.82, 2.24) is 5.32 Å². The number of hydrogen-bond donors (Lipinski definition) is 1. The summed E-state index contributed by atoms with van der Waals surface area (Å²) < 4.78 is 4.92. The van der Waals surface area contributed by atoms with E-state index in [4.69, 9.17) is 4.74 Å². The minimum atomic E-state index is -0.384. The van der Waals surface area contributed by atoms with E-state index in [0.29, 0.717) is 12.0 Å². The number of rotatable bonds is 4. The summed E-state index contributed by atoms with van der Waals surface area (Å²) in [5.74, 6) is 0.206. The summed E-state index contributed by atoms with van der Waals surface area (Å²) in [4.78, 5) is 12.0. The molecule has 0 fully saturated rings. The van der Waals surface area contributed by atoms with Crippen LogP contribution in [0.4, 0.5) is 0 Å². The van der Waals surface area contributed by atoms with Crippen molar-refractivity contribution in [3.05, 3.63) is 48.0 Å². The molecule has 1 aliphatic carbocycles. The smallest absolute Gasteiger partial charge is 0.327 e. The third-order valence-electron chi connectivity index (χ3n) is 3.67. The van der Waals surface area contributed by atoms with Crippen LogP contribution in [-0.4, -0.2) is 19.1 Å². The third-order valence-corrected chi connectivity index (χ3v) is 3.67. The molecule has 2 rings (SSSR count). The van der Waals surface area contributed by atoms with Gasteiger partial charge in [0.25, 0.3) is 0 Å². The van der Waals surface area contributed by atoms with E-state index in [9.17, 15) is 4.79 Å². The van der Waals surface area contributed by atoms with Gasteiger partial charge in [-0.1, -0.05) is 49.4 Å². The lowest BCUT2D eigenvalue weighted by molar-refractivity contribution is -0.143. The number of allylic oxidation sites excluding steroid dienone is 1. The second-order valence-electron chi connectivity index (χ2n) is 5.00. The molecule has 0 bridgehead atoms. The van der Waals surface area contributed by atoms with Gasteiger partial charge >= 0.3 is 5.97 Å². The molecular formula is C16H21NO2. The number of carbonyl (C=O) groups excluding carboxylic acids is 1. The molecular weight excluding hydrogens is 238 g/mol. The van der Waals surface area contributed by atoms with E-state index in [-0.39, 0.29) is 12.0 Å². The van der Waals surface area contributed by atoms with Gasteiger partial charge in [-0.15, -0.1) is 0 Å². The molecule has 102 valence electrons. The minimum Gasteiger partial charge on any atom is -0.468 e. The van der Waals surface area contributed by atoms with Gasteiger partial charge in [0.2, 0.25) is 0 Å². The van der Waals surface area contributed by atoms with Crippen molar-refractivity contribution in [2.24, 2.45) is 5.92 Å². The average Bonchev–Trinajstić information content (AvgIpc) is 2.46. The van der Waals surface area contributed by atoms with Gasteiger partial charge in [-0.3, -0.25) is 5.32 Å². The van der Waals surface area contributed by atoms with E-state index >= 15 is 0 Å². The summed E-state index contributed by atoms with van der Waals surface area (Å²) in [6.07, 6.45) is 6.53. The van der Waals surface area contributed by atoms with Crippen molar-refractivity contribution in [1.29, 1.82) is 0 Å². The molecule has 3 heteroatoms. The van der Waals surface area contributed by atoms with Crippen molar-refractivity contribution >= 4 is 5.97 Å². The Balaban J connectivity index is 2.15. The highest BCUT2D eigenvalue weighted by molar-refractivity contribution is 5.77. The summed E-state index contributed by atoms with van der Waals surface area (Å²) in [6.45, 7) is 2.17. The topological polar surface area (TPSA) is 38.3 Å². The Morgan fingerprint density at radius 3 is 2.74 bits per heavy atom. The van der Waals surface area contributed by atoms with Crippen LogP contribution in [-0.2, 0) is 9.53 Å². The zero-order chi connectivity index (χ0) is 13.7. The highest BCUT2D eigenvalue weighted by Crippen LogP contribution is 2.22. The largest absolute Gasteiger partial charge is 0.468 e. The molecule has 19 heavy (non-hydrogen) atoms. The molecule has 0 aromatic heterocycles. The number of carbonyl (C=O) groups is 1. The molecule has 3 nitrogen and oxygen atoms in total. The Hall–Kier alpha value is -1.61. The van der Waals surface area contributed by atoms with Crippen molar-refractivity contribution in [2.75, 3.05) is 7.11 Å². The Morgan fingerprint density at radius 1 is 1.37 bits per heavy atom. The SMILES string of the molecule is COC(=O)[C@@H](N[C@@H]1CCC=C[C@H]1C)c1ccccc1. The fourth-order valence-electron chi connectivity index (χ4n) is 2.50. The maximum atomic E-state index is 12.0. The molecule has 0 radical (unpaired) electrons. The Labute approximate surface area is 114 Å². The van der Waals surface area contributed by atoms with E-state index in [1.165, 1.54) is 7.11 Å². The first-order valence-corrected chi connectivity index (χ1v) is 6.78. The van der Waals surface area contributed by atoms with Crippen LogP contribution in [0.2, 0.25) is 0 Å². The molecule has 1 aliphatic rings. The predicted molar refractivity (Wildman–Crippen MR) is 75.7 cm³/mol. The Bertz CT molecular complexity index is 441. The Morgan fingerprint density at radius 2 is 2.11 bits per heavy atom. The first-order chi connectivity index (χ1) is 9.22.